The van der Waals surface area contributed by atoms with E-state index in [1.807, 2.05) is 26.0 Å². The number of rotatable bonds is 7. The molecule has 0 radical (unpaired) electrons. The van der Waals surface area contributed by atoms with E-state index in [1.165, 1.54) is 27.2 Å². The molecule has 3 aromatic heterocycles. The molecule has 11 heteroatoms. The first-order valence-corrected chi connectivity index (χ1v) is 13.1. The minimum absolute atomic E-state index is 0.155. The van der Waals surface area contributed by atoms with Crippen LogP contribution in [0.2, 0.25) is 5.02 Å². The molecule has 1 aliphatic heterocycles. The first-order chi connectivity index (χ1) is 18.2. The third-order valence-corrected chi connectivity index (χ3v) is 7.08. The Labute approximate surface area is 225 Å². The molecule has 0 unspecified atom stereocenters. The molecule has 10 nitrogen and oxygen atoms in total. The van der Waals surface area contributed by atoms with Crippen LogP contribution in [0.15, 0.2) is 58.8 Å². The molecular weight excluding hydrogens is 504 g/mol. The van der Waals surface area contributed by atoms with E-state index in [2.05, 4.69) is 40.0 Å². The van der Waals surface area contributed by atoms with Crippen LogP contribution in [0.1, 0.15) is 44.2 Å². The van der Waals surface area contributed by atoms with Crippen LogP contribution >= 0.6 is 11.6 Å². The zero-order valence-electron chi connectivity index (χ0n) is 21.8. The van der Waals surface area contributed by atoms with Crippen molar-refractivity contribution >= 4 is 34.3 Å². The lowest BCUT2D eigenvalue weighted by atomic mass is 9.89. The second-order valence-corrected chi connectivity index (χ2v) is 10.4. The Balaban J connectivity index is 1.57. The maximum absolute atomic E-state index is 13.2. The summed E-state index contributed by atoms with van der Waals surface area (Å²) in [6, 6.07) is 8.81. The van der Waals surface area contributed by atoms with E-state index in [0.29, 0.717) is 33.7 Å². The molecule has 0 saturated carbocycles. The van der Waals surface area contributed by atoms with Crippen LogP contribution in [0.3, 0.4) is 0 Å². The zero-order chi connectivity index (χ0) is 27.0. The van der Waals surface area contributed by atoms with Crippen molar-refractivity contribution in [3.8, 4) is 5.82 Å². The van der Waals surface area contributed by atoms with Crippen molar-refractivity contribution in [3.63, 3.8) is 0 Å². The van der Waals surface area contributed by atoms with E-state index in [9.17, 15) is 9.59 Å². The van der Waals surface area contributed by atoms with Gasteiger partial charge in [-0.25, -0.2) is 19.0 Å². The summed E-state index contributed by atoms with van der Waals surface area (Å²) in [5.74, 6) is 1.15. The Bertz CT molecular complexity index is 1610. The summed E-state index contributed by atoms with van der Waals surface area (Å²) < 4.78 is 4.46. The first-order valence-electron chi connectivity index (χ1n) is 12.7. The van der Waals surface area contributed by atoms with Crippen LogP contribution in [0, 0.1) is 0 Å². The molecule has 0 spiro atoms. The number of likely N-dealkylation sites (tertiary alicyclic amines) is 1. The van der Waals surface area contributed by atoms with Crippen molar-refractivity contribution in [2.45, 2.75) is 45.2 Å². The standard InChI is InChI=1S/C27H31ClN8O2/c1-5-10-34-26(38)22-16-29-27(31-25(22)36(34)23-6-7-24(37)35(32-23)17(2)3)30-21-14-19(13-20(28)15-21)18-8-11-33(4)12-9-18/h5-7,13-18H,1,8-12H2,2-4H3,(H,29,30,31). The van der Waals surface area contributed by atoms with Gasteiger partial charge in [-0.1, -0.05) is 17.7 Å². The van der Waals surface area contributed by atoms with Gasteiger partial charge in [0, 0.05) is 23.0 Å². The molecule has 0 aliphatic carbocycles. The zero-order valence-corrected chi connectivity index (χ0v) is 22.5. The molecular formula is C27H31ClN8O2. The molecule has 0 atom stereocenters. The van der Waals surface area contributed by atoms with E-state index in [-0.39, 0.29) is 23.7 Å². The number of hydrogen-bond acceptors (Lipinski definition) is 7. The van der Waals surface area contributed by atoms with Gasteiger partial charge in [-0.15, -0.1) is 11.7 Å². The monoisotopic (exact) mass is 534 g/mol. The van der Waals surface area contributed by atoms with Crippen molar-refractivity contribution < 1.29 is 0 Å². The third-order valence-electron chi connectivity index (χ3n) is 6.86. The van der Waals surface area contributed by atoms with Crippen LogP contribution in [-0.4, -0.2) is 54.1 Å². The van der Waals surface area contributed by atoms with Gasteiger partial charge in [0.15, 0.2) is 11.5 Å². The lowest BCUT2D eigenvalue weighted by molar-refractivity contribution is 0.255. The number of halogens is 1. The number of benzene rings is 1. The molecule has 1 aromatic carbocycles. The van der Waals surface area contributed by atoms with E-state index in [4.69, 9.17) is 16.6 Å². The highest BCUT2D eigenvalue weighted by Crippen LogP contribution is 2.32. The fourth-order valence-electron chi connectivity index (χ4n) is 4.90. The quantitative estimate of drug-likeness (QED) is 0.356. The number of anilines is 2. The van der Waals surface area contributed by atoms with E-state index in [0.717, 1.165) is 31.6 Å². The number of aromatic nitrogens is 6. The Kier molecular flexibility index (Phi) is 7.18. The summed E-state index contributed by atoms with van der Waals surface area (Å²) in [6.45, 7) is 9.86. The second kappa shape index (κ2) is 10.5. The Morgan fingerprint density at radius 2 is 1.95 bits per heavy atom. The molecule has 4 heterocycles. The summed E-state index contributed by atoms with van der Waals surface area (Å²) in [7, 11) is 2.14. The maximum Gasteiger partial charge on any atom is 0.278 e. The minimum Gasteiger partial charge on any atom is -0.324 e. The minimum atomic E-state index is -0.275. The van der Waals surface area contributed by atoms with Gasteiger partial charge in [-0.05, 0) is 82.6 Å². The molecule has 5 rings (SSSR count). The molecule has 1 fully saturated rings. The summed E-state index contributed by atoms with van der Waals surface area (Å²) >= 11 is 6.49. The van der Waals surface area contributed by atoms with Crippen molar-refractivity contribution in [2.24, 2.45) is 0 Å². The molecule has 0 amide bonds. The molecule has 1 aliphatic rings. The van der Waals surface area contributed by atoms with E-state index in [1.54, 1.807) is 16.8 Å². The van der Waals surface area contributed by atoms with Crippen LogP contribution < -0.4 is 16.4 Å². The average molecular weight is 535 g/mol. The summed E-state index contributed by atoms with van der Waals surface area (Å²) in [6.07, 6.45) is 5.28. The highest BCUT2D eigenvalue weighted by atomic mass is 35.5. The second-order valence-electron chi connectivity index (χ2n) is 9.96. The van der Waals surface area contributed by atoms with Crippen LogP contribution in [0.25, 0.3) is 16.9 Å². The van der Waals surface area contributed by atoms with Crippen molar-refractivity contribution in [2.75, 3.05) is 25.5 Å². The van der Waals surface area contributed by atoms with Crippen molar-refractivity contribution in [3.05, 3.63) is 80.5 Å². The predicted molar refractivity (Wildman–Crippen MR) is 150 cm³/mol. The lowest BCUT2D eigenvalue weighted by Crippen LogP contribution is -2.29. The topological polar surface area (TPSA) is 103 Å². The fraction of sp³-hybridized carbons (Fsp3) is 0.370. The molecule has 0 bridgehead atoms. The van der Waals surface area contributed by atoms with Gasteiger partial charge in [-0.2, -0.15) is 4.98 Å². The lowest BCUT2D eigenvalue weighted by Gasteiger charge is -2.29. The van der Waals surface area contributed by atoms with Crippen molar-refractivity contribution in [1.29, 1.82) is 0 Å². The SMILES string of the molecule is C=CCn1c(=O)c2cnc(Nc3cc(Cl)cc(C4CCN(C)CC4)c3)nc2n1-c1ccc(=O)n(C(C)C)n1. The van der Waals surface area contributed by atoms with Gasteiger partial charge in [0.2, 0.25) is 5.95 Å². The van der Waals surface area contributed by atoms with Gasteiger partial charge < -0.3 is 10.2 Å². The number of hydrogen-bond donors (Lipinski definition) is 1. The summed E-state index contributed by atoms with van der Waals surface area (Å²) in [5.41, 5.74) is 1.83. The van der Waals surface area contributed by atoms with Crippen LogP contribution in [0.5, 0.6) is 0 Å². The number of nitrogens with zero attached hydrogens (tertiary/aromatic N) is 7. The Hall–Kier alpha value is -3.76. The highest BCUT2D eigenvalue weighted by Gasteiger charge is 2.21. The molecule has 4 aromatic rings. The van der Waals surface area contributed by atoms with E-state index < -0.39 is 0 Å². The predicted octanol–water partition coefficient (Wildman–Crippen LogP) is 4.11. The third kappa shape index (κ3) is 5.01. The number of fused-ring (bicyclic) bond motifs is 1. The largest absolute Gasteiger partial charge is 0.324 e. The first kappa shape index (κ1) is 25.9. The molecule has 198 valence electrons. The normalized spacial score (nSPS) is 14.9. The van der Waals surface area contributed by atoms with Crippen LogP contribution in [0.4, 0.5) is 11.6 Å². The van der Waals surface area contributed by atoms with Gasteiger partial charge in [0.25, 0.3) is 11.1 Å². The van der Waals surface area contributed by atoms with Gasteiger partial charge >= 0.3 is 0 Å². The van der Waals surface area contributed by atoms with Crippen LogP contribution in [-0.2, 0) is 6.54 Å². The van der Waals surface area contributed by atoms with E-state index >= 15 is 0 Å². The highest BCUT2D eigenvalue weighted by molar-refractivity contribution is 6.31. The fourth-order valence-corrected chi connectivity index (χ4v) is 5.14. The Morgan fingerprint density at radius 3 is 2.66 bits per heavy atom. The van der Waals surface area contributed by atoms with Gasteiger partial charge in [0.1, 0.15) is 5.39 Å². The molecule has 1 saturated heterocycles. The summed E-state index contributed by atoms with van der Waals surface area (Å²) in [4.78, 5) is 37.0. The number of piperidine rings is 1. The maximum atomic E-state index is 13.2. The summed E-state index contributed by atoms with van der Waals surface area (Å²) in [5, 5.41) is 8.75. The van der Waals surface area contributed by atoms with Gasteiger partial charge in [-0.3, -0.25) is 9.59 Å². The number of nitrogens with one attached hydrogen (secondary N) is 1. The van der Waals surface area contributed by atoms with Gasteiger partial charge in [0.05, 0.1) is 12.6 Å². The smallest absolute Gasteiger partial charge is 0.278 e. The Morgan fingerprint density at radius 1 is 1.18 bits per heavy atom. The molecule has 38 heavy (non-hydrogen) atoms. The van der Waals surface area contributed by atoms with Crippen molar-refractivity contribution in [1.82, 2.24) is 34.0 Å². The molecule has 1 N–H and O–H groups in total. The average Bonchev–Trinajstić information content (AvgIpc) is 3.15. The number of allylic oxidation sites excluding steroid dienone is 1.